The molecule has 5 nitrogen and oxygen atoms in total. The number of hydrogen-bond donors (Lipinski definition) is 0. The molecule has 0 spiro atoms. The van der Waals surface area contributed by atoms with Crippen LogP contribution < -0.4 is 4.90 Å². The molecule has 3 rings (SSSR count). The SMILES string of the molecule is Cc1cc(C)nc(N2CCC[C@H](c3ccncn3)C2)n1. The summed E-state index contributed by atoms with van der Waals surface area (Å²) in [4.78, 5) is 19.8. The molecule has 0 aromatic carbocycles. The molecule has 0 radical (unpaired) electrons. The first-order valence-corrected chi connectivity index (χ1v) is 7.05. The van der Waals surface area contributed by atoms with Crippen LogP contribution in [0, 0.1) is 13.8 Å². The number of nitrogens with zero attached hydrogens (tertiary/aromatic N) is 5. The van der Waals surface area contributed by atoms with Gasteiger partial charge < -0.3 is 4.90 Å². The predicted molar refractivity (Wildman–Crippen MR) is 77.7 cm³/mol. The zero-order chi connectivity index (χ0) is 13.9. The number of aromatic nitrogens is 4. The van der Waals surface area contributed by atoms with E-state index in [-0.39, 0.29) is 0 Å². The number of aryl methyl sites for hydroxylation is 2. The third-order valence-electron chi connectivity index (χ3n) is 3.70. The van der Waals surface area contributed by atoms with Crippen molar-refractivity contribution in [3.05, 3.63) is 41.7 Å². The first kappa shape index (κ1) is 13.0. The van der Waals surface area contributed by atoms with Crippen LogP contribution in [0.1, 0.15) is 35.8 Å². The fourth-order valence-electron chi connectivity index (χ4n) is 2.79. The molecular weight excluding hydrogens is 250 g/mol. The van der Waals surface area contributed by atoms with Crippen LogP contribution in [0.2, 0.25) is 0 Å². The van der Waals surface area contributed by atoms with Crippen LogP contribution in [0.5, 0.6) is 0 Å². The van der Waals surface area contributed by atoms with E-state index in [9.17, 15) is 0 Å². The average Bonchev–Trinajstić information content (AvgIpc) is 2.47. The molecule has 0 bridgehead atoms. The lowest BCUT2D eigenvalue weighted by atomic mass is 9.95. The quantitative estimate of drug-likeness (QED) is 0.837. The van der Waals surface area contributed by atoms with Crippen molar-refractivity contribution in [3.63, 3.8) is 0 Å². The molecule has 1 aliphatic heterocycles. The average molecular weight is 269 g/mol. The molecule has 2 aromatic rings. The summed E-state index contributed by atoms with van der Waals surface area (Å²) in [7, 11) is 0. The summed E-state index contributed by atoms with van der Waals surface area (Å²) in [6, 6.07) is 4.02. The normalized spacial score (nSPS) is 19.1. The summed E-state index contributed by atoms with van der Waals surface area (Å²) < 4.78 is 0. The van der Waals surface area contributed by atoms with Gasteiger partial charge in [0.25, 0.3) is 0 Å². The van der Waals surface area contributed by atoms with Gasteiger partial charge in [-0.1, -0.05) is 0 Å². The molecule has 2 aromatic heterocycles. The third-order valence-corrected chi connectivity index (χ3v) is 3.70. The molecule has 5 heteroatoms. The second-order valence-electron chi connectivity index (χ2n) is 5.37. The van der Waals surface area contributed by atoms with Crippen LogP contribution in [0.25, 0.3) is 0 Å². The predicted octanol–water partition coefficient (Wildman–Crippen LogP) is 2.27. The fourth-order valence-corrected chi connectivity index (χ4v) is 2.79. The van der Waals surface area contributed by atoms with Crippen LogP contribution in [0.4, 0.5) is 5.95 Å². The maximum atomic E-state index is 4.57. The third kappa shape index (κ3) is 2.76. The molecule has 1 fully saturated rings. The molecule has 3 heterocycles. The topological polar surface area (TPSA) is 54.8 Å². The summed E-state index contributed by atoms with van der Waals surface area (Å²) in [6.07, 6.45) is 5.75. The molecule has 1 aliphatic rings. The van der Waals surface area contributed by atoms with Gasteiger partial charge in [-0.2, -0.15) is 0 Å². The first-order chi connectivity index (χ1) is 9.72. The van der Waals surface area contributed by atoms with Crippen LogP contribution in [-0.2, 0) is 0 Å². The van der Waals surface area contributed by atoms with E-state index < -0.39 is 0 Å². The van der Waals surface area contributed by atoms with Crippen molar-refractivity contribution in [1.29, 1.82) is 0 Å². The Bertz CT molecular complexity index is 564. The summed E-state index contributed by atoms with van der Waals surface area (Å²) in [5, 5.41) is 0. The van der Waals surface area contributed by atoms with Gasteiger partial charge in [0.05, 0.1) is 0 Å². The molecule has 1 saturated heterocycles. The van der Waals surface area contributed by atoms with Crippen LogP contribution in [0.3, 0.4) is 0 Å². The second kappa shape index (κ2) is 5.53. The lowest BCUT2D eigenvalue weighted by molar-refractivity contribution is 0.494. The Balaban J connectivity index is 1.81. The highest BCUT2D eigenvalue weighted by molar-refractivity contribution is 5.34. The number of hydrogen-bond acceptors (Lipinski definition) is 5. The fraction of sp³-hybridized carbons (Fsp3) is 0.467. The van der Waals surface area contributed by atoms with Crippen LogP contribution in [-0.4, -0.2) is 33.0 Å². The van der Waals surface area contributed by atoms with Crippen molar-refractivity contribution in [1.82, 2.24) is 19.9 Å². The monoisotopic (exact) mass is 269 g/mol. The first-order valence-electron chi connectivity index (χ1n) is 7.05. The Morgan fingerprint density at radius 1 is 1.20 bits per heavy atom. The molecule has 1 atom stereocenters. The summed E-state index contributed by atoms with van der Waals surface area (Å²) in [5.74, 6) is 1.29. The van der Waals surface area contributed by atoms with Gasteiger partial charge in [0.1, 0.15) is 6.33 Å². The zero-order valence-corrected chi connectivity index (χ0v) is 12.0. The smallest absolute Gasteiger partial charge is 0.225 e. The largest absolute Gasteiger partial charge is 0.340 e. The lowest BCUT2D eigenvalue weighted by Gasteiger charge is -2.32. The number of piperidine rings is 1. The minimum absolute atomic E-state index is 0.441. The van der Waals surface area contributed by atoms with E-state index >= 15 is 0 Å². The Morgan fingerprint density at radius 3 is 2.70 bits per heavy atom. The van der Waals surface area contributed by atoms with Gasteiger partial charge in [0.15, 0.2) is 0 Å². The van der Waals surface area contributed by atoms with Gasteiger partial charge in [0, 0.05) is 42.3 Å². The van der Waals surface area contributed by atoms with Crippen molar-refractivity contribution >= 4 is 5.95 Å². The van der Waals surface area contributed by atoms with Gasteiger partial charge in [-0.25, -0.2) is 19.9 Å². The highest BCUT2D eigenvalue weighted by atomic mass is 15.3. The van der Waals surface area contributed by atoms with Crippen LogP contribution in [0.15, 0.2) is 24.7 Å². The summed E-state index contributed by atoms with van der Waals surface area (Å²) in [6.45, 7) is 5.98. The Kier molecular flexibility index (Phi) is 3.58. The Hall–Kier alpha value is -2.04. The Labute approximate surface area is 119 Å². The van der Waals surface area contributed by atoms with Crippen LogP contribution >= 0.6 is 0 Å². The van der Waals surface area contributed by atoms with E-state index in [2.05, 4.69) is 24.8 Å². The minimum atomic E-state index is 0.441. The second-order valence-corrected chi connectivity index (χ2v) is 5.37. The van der Waals surface area contributed by atoms with Gasteiger partial charge in [-0.3, -0.25) is 0 Å². The molecule has 0 unspecified atom stereocenters. The lowest BCUT2D eigenvalue weighted by Crippen LogP contribution is -2.36. The van der Waals surface area contributed by atoms with E-state index in [0.717, 1.165) is 49.0 Å². The maximum Gasteiger partial charge on any atom is 0.225 e. The van der Waals surface area contributed by atoms with E-state index in [0.29, 0.717) is 5.92 Å². The maximum absolute atomic E-state index is 4.57. The van der Waals surface area contributed by atoms with Crippen molar-refractivity contribution in [2.75, 3.05) is 18.0 Å². The standard InChI is InChI=1S/C15H19N5/c1-11-8-12(2)19-15(18-11)20-7-3-4-13(9-20)14-5-6-16-10-17-14/h5-6,8,10,13H,3-4,7,9H2,1-2H3/t13-/m0/s1. The van der Waals surface area contributed by atoms with Gasteiger partial charge in [-0.15, -0.1) is 0 Å². The molecule has 0 N–H and O–H groups in total. The van der Waals surface area contributed by atoms with Crippen molar-refractivity contribution in [3.8, 4) is 0 Å². The molecular formula is C15H19N5. The molecule has 20 heavy (non-hydrogen) atoms. The van der Waals surface area contributed by atoms with Crippen molar-refractivity contribution in [2.24, 2.45) is 0 Å². The van der Waals surface area contributed by atoms with Gasteiger partial charge in [-0.05, 0) is 38.8 Å². The Morgan fingerprint density at radius 2 is 2.00 bits per heavy atom. The van der Waals surface area contributed by atoms with Crippen molar-refractivity contribution < 1.29 is 0 Å². The number of anilines is 1. The molecule has 0 saturated carbocycles. The van der Waals surface area contributed by atoms with E-state index in [4.69, 9.17) is 0 Å². The minimum Gasteiger partial charge on any atom is -0.340 e. The van der Waals surface area contributed by atoms with Gasteiger partial charge >= 0.3 is 0 Å². The molecule has 0 amide bonds. The van der Waals surface area contributed by atoms with E-state index in [1.807, 2.05) is 32.2 Å². The highest BCUT2D eigenvalue weighted by Crippen LogP contribution is 2.27. The van der Waals surface area contributed by atoms with Gasteiger partial charge in [0.2, 0.25) is 5.95 Å². The highest BCUT2D eigenvalue weighted by Gasteiger charge is 2.24. The molecule has 0 aliphatic carbocycles. The zero-order valence-electron chi connectivity index (χ0n) is 12.0. The number of rotatable bonds is 2. The van der Waals surface area contributed by atoms with Crippen molar-refractivity contribution in [2.45, 2.75) is 32.6 Å². The summed E-state index contributed by atoms with van der Waals surface area (Å²) >= 11 is 0. The summed E-state index contributed by atoms with van der Waals surface area (Å²) in [5.41, 5.74) is 3.17. The van der Waals surface area contributed by atoms with E-state index in [1.165, 1.54) is 0 Å². The molecule has 104 valence electrons. The van der Waals surface area contributed by atoms with E-state index in [1.54, 1.807) is 6.33 Å².